The van der Waals surface area contributed by atoms with Crippen molar-refractivity contribution in [2.45, 2.75) is 20.3 Å². The fourth-order valence-corrected chi connectivity index (χ4v) is 2.27. The zero-order valence-corrected chi connectivity index (χ0v) is 10.2. The number of carbonyl (C=O) groups is 2. The van der Waals surface area contributed by atoms with Gasteiger partial charge >= 0.3 is 0 Å². The molecule has 0 spiro atoms. The highest BCUT2D eigenvalue weighted by Gasteiger charge is 2.36. The van der Waals surface area contributed by atoms with Gasteiger partial charge < -0.3 is 10.6 Å². The lowest BCUT2D eigenvalue weighted by atomic mass is 10.1. The van der Waals surface area contributed by atoms with Crippen LogP contribution in [0.1, 0.15) is 17.8 Å². The van der Waals surface area contributed by atoms with Crippen LogP contribution < -0.4 is 10.6 Å². The summed E-state index contributed by atoms with van der Waals surface area (Å²) in [6, 6.07) is 0. The number of aryl methyl sites for hydroxylation is 2. The van der Waals surface area contributed by atoms with Gasteiger partial charge in [-0.25, -0.2) is 0 Å². The Balaban J connectivity index is 2.35. The third-order valence-corrected chi connectivity index (χ3v) is 3.27. The van der Waals surface area contributed by atoms with E-state index in [4.69, 9.17) is 5.73 Å². The fourth-order valence-electron chi connectivity index (χ4n) is 2.27. The SMILES string of the molecule is Cc1nn(C)c(C)c1N1CC(C(N)=O)CC1=O. The van der Waals surface area contributed by atoms with E-state index in [1.54, 1.807) is 9.58 Å². The zero-order valence-electron chi connectivity index (χ0n) is 10.2. The molecule has 1 aromatic rings. The van der Waals surface area contributed by atoms with Crippen molar-refractivity contribution in [1.29, 1.82) is 0 Å². The monoisotopic (exact) mass is 236 g/mol. The van der Waals surface area contributed by atoms with Gasteiger partial charge in [0.25, 0.3) is 0 Å². The van der Waals surface area contributed by atoms with Crippen LogP contribution in [0.4, 0.5) is 5.69 Å². The van der Waals surface area contributed by atoms with Gasteiger partial charge in [0.1, 0.15) is 0 Å². The maximum Gasteiger partial charge on any atom is 0.227 e. The van der Waals surface area contributed by atoms with E-state index in [0.29, 0.717) is 6.54 Å². The third kappa shape index (κ3) is 1.79. The molecule has 2 amide bonds. The van der Waals surface area contributed by atoms with E-state index >= 15 is 0 Å². The van der Waals surface area contributed by atoms with Crippen molar-refractivity contribution in [3.05, 3.63) is 11.4 Å². The second-order valence-corrected chi connectivity index (χ2v) is 4.45. The van der Waals surface area contributed by atoms with Crippen LogP contribution in [0.3, 0.4) is 0 Å². The molecule has 1 aliphatic heterocycles. The number of nitrogens with two attached hydrogens (primary N) is 1. The minimum absolute atomic E-state index is 0.0620. The van der Waals surface area contributed by atoms with E-state index in [1.807, 2.05) is 20.9 Å². The van der Waals surface area contributed by atoms with Gasteiger partial charge in [-0.1, -0.05) is 0 Å². The topological polar surface area (TPSA) is 81.2 Å². The molecule has 1 fully saturated rings. The second kappa shape index (κ2) is 3.87. The van der Waals surface area contributed by atoms with Gasteiger partial charge in [-0.15, -0.1) is 0 Å². The Hall–Kier alpha value is -1.85. The minimum atomic E-state index is -0.417. The Kier molecular flexibility index (Phi) is 2.65. The quantitative estimate of drug-likeness (QED) is 0.777. The molecule has 1 aliphatic rings. The Labute approximate surface area is 99.4 Å². The summed E-state index contributed by atoms with van der Waals surface area (Å²) < 4.78 is 1.73. The predicted molar refractivity (Wildman–Crippen MR) is 62.3 cm³/mol. The van der Waals surface area contributed by atoms with Gasteiger partial charge in [0.05, 0.1) is 23.0 Å². The molecule has 0 saturated carbocycles. The molecule has 1 aromatic heterocycles. The van der Waals surface area contributed by atoms with Gasteiger partial charge in [0.15, 0.2) is 0 Å². The molecule has 1 atom stereocenters. The molecule has 2 heterocycles. The summed E-state index contributed by atoms with van der Waals surface area (Å²) in [6.45, 7) is 4.12. The van der Waals surface area contributed by atoms with Crippen molar-refractivity contribution >= 4 is 17.5 Å². The fraction of sp³-hybridized carbons (Fsp3) is 0.545. The van der Waals surface area contributed by atoms with E-state index < -0.39 is 5.91 Å². The Morgan fingerprint density at radius 2 is 2.12 bits per heavy atom. The minimum Gasteiger partial charge on any atom is -0.369 e. The molecule has 2 N–H and O–H groups in total. The van der Waals surface area contributed by atoms with Crippen LogP contribution in [0.5, 0.6) is 0 Å². The standard InChI is InChI=1S/C11H16N4O2/c1-6-10(7(2)14(3)13-6)15-5-8(11(12)17)4-9(15)16/h8H,4-5H2,1-3H3,(H2,12,17). The highest BCUT2D eigenvalue weighted by atomic mass is 16.2. The summed E-state index contributed by atoms with van der Waals surface area (Å²) >= 11 is 0. The first-order valence-corrected chi connectivity index (χ1v) is 5.51. The van der Waals surface area contributed by atoms with Gasteiger partial charge in [-0.2, -0.15) is 5.10 Å². The van der Waals surface area contributed by atoms with Crippen LogP contribution in [0.15, 0.2) is 0 Å². The molecular weight excluding hydrogens is 220 g/mol. The van der Waals surface area contributed by atoms with Crippen LogP contribution in [0.2, 0.25) is 0 Å². The maximum atomic E-state index is 11.9. The van der Waals surface area contributed by atoms with Crippen LogP contribution >= 0.6 is 0 Å². The molecular formula is C11H16N4O2. The number of carbonyl (C=O) groups excluding carboxylic acids is 2. The number of hydrogen-bond donors (Lipinski definition) is 1. The molecule has 0 aliphatic carbocycles. The van der Waals surface area contributed by atoms with Crippen LogP contribution in [0.25, 0.3) is 0 Å². The number of nitrogens with zero attached hydrogens (tertiary/aromatic N) is 3. The molecule has 17 heavy (non-hydrogen) atoms. The lowest BCUT2D eigenvalue weighted by Crippen LogP contribution is -2.29. The molecule has 6 heteroatoms. The molecule has 92 valence electrons. The van der Waals surface area contributed by atoms with Crippen LogP contribution in [-0.2, 0) is 16.6 Å². The van der Waals surface area contributed by atoms with Crippen molar-refractivity contribution in [3.63, 3.8) is 0 Å². The van der Waals surface area contributed by atoms with Crippen LogP contribution in [-0.4, -0.2) is 28.1 Å². The van der Waals surface area contributed by atoms with Crippen molar-refractivity contribution in [2.75, 3.05) is 11.4 Å². The third-order valence-electron chi connectivity index (χ3n) is 3.27. The first kappa shape index (κ1) is 11.6. The van der Waals surface area contributed by atoms with E-state index in [9.17, 15) is 9.59 Å². The number of anilines is 1. The van der Waals surface area contributed by atoms with E-state index in [0.717, 1.165) is 17.1 Å². The number of hydrogen-bond acceptors (Lipinski definition) is 3. The van der Waals surface area contributed by atoms with Crippen molar-refractivity contribution in [2.24, 2.45) is 18.7 Å². The van der Waals surface area contributed by atoms with E-state index in [2.05, 4.69) is 5.10 Å². The maximum absolute atomic E-state index is 11.9. The summed E-state index contributed by atoms with van der Waals surface area (Å²) in [6.07, 6.45) is 0.198. The average Bonchev–Trinajstić information content (AvgIpc) is 2.70. The normalized spacial score (nSPS) is 20.1. The van der Waals surface area contributed by atoms with E-state index in [-0.39, 0.29) is 18.2 Å². The highest BCUT2D eigenvalue weighted by Crippen LogP contribution is 2.30. The summed E-state index contributed by atoms with van der Waals surface area (Å²) in [5, 5.41) is 4.27. The molecule has 0 aromatic carbocycles. The molecule has 0 bridgehead atoms. The summed E-state index contributed by atoms with van der Waals surface area (Å²) in [5.74, 6) is -0.866. The molecule has 2 rings (SSSR count). The molecule has 1 unspecified atom stereocenters. The summed E-state index contributed by atoms with van der Waals surface area (Å²) in [4.78, 5) is 24.6. The first-order valence-electron chi connectivity index (χ1n) is 5.51. The Morgan fingerprint density at radius 3 is 2.53 bits per heavy atom. The number of amides is 2. The Bertz CT molecular complexity index is 492. The number of rotatable bonds is 2. The molecule has 0 radical (unpaired) electrons. The first-order chi connectivity index (χ1) is 7.91. The van der Waals surface area contributed by atoms with Gasteiger partial charge in [-0.3, -0.25) is 14.3 Å². The van der Waals surface area contributed by atoms with Crippen LogP contribution in [0, 0.1) is 19.8 Å². The van der Waals surface area contributed by atoms with Gasteiger partial charge in [0, 0.05) is 20.0 Å². The lowest BCUT2D eigenvalue weighted by molar-refractivity contribution is -0.123. The largest absolute Gasteiger partial charge is 0.369 e. The Morgan fingerprint density at radius 1 is 1.47 bits per heavy atom. The number of aromatic nitrogens is 2. The average molecular weight is 236 g/mol. The van der Waals surface area contributed by atoms with Crippen molar-refractivity contribution in [1.82, 2.24) is 9.78 Å². The smallest absolute Gasteiger partial charge is 0.227 e. The number of primary amides is 1. The van der Waals surface area contributed by atoms with Gasteiger partial charge in [-0.05, 0) is 13.8 Å². The second-order valence-electron chi connectivity index (χ2n) is 4.45. The lowest BCUT2D eigenvalue weighted by Gasteiger charge is -2.16. The summed E-state index contributed by atoms with van der Waals surface area (Å²) in [5.41, 5.74) is 7.76. The van der Waals surface area contributed by atoms with Gasteiger partial charge in [0.2, 0.25) is 11.8 Å². The molecule has 1 saturated heterocycles. The highest BCUT2D eigenvalue weighted by molar-refractivity contribution is 6.00. The van der Waals surface area contributed by atoms with Crippen molar-refractivity contribution in [3.8, 4) is 0 Å². The predicted octanol–water partition coefficient (Wildman–Crippen LogP) is -0.125. The van der Waals surface area contributed by atoms with E-state index in [1.165, 1.54) is 0 Å². The summed E-state index contributed by atoms with van der Waals surface area (Å²) in [7, 11) is 1.83. The molecule has 6 nitrogen and oxygen atoms in total. The zero-order chi connectivity index (χ0) is 12.7. The van der Waals surface area contributed by atoms with Crippen molar-refractivity contribution < 1.29 is 9.59 Å².